The summed E-state index contributed by atoms with van der Waals surface area (Å²) in [5.74, 6) is -1.20. The molecule has 4 rings (SSSR count). The van der Waals surface area contributed by atoms with Crippen molar-refractivity contribution in [3.8, 4) is 5.75 Å². The van der Waals surface area contributed by atoms with Crippen molar-refractivity contribution in [2.45, 2.75) is 51.6 Å². The lowest BCUT2D eigenvalue weighted by molar-refractivity contribution is 0.0694. The SMILES string of the molecule is CCOc1c(N2CCC(C(C)(C)NC)C2)c(F)cc2c(=O)c(C(=O)O)cn(C3CC3)c12. The minimum Gasteiger partial charge on any atom is -0.489 e. The molecule has 168 valence electrons. The van der Waals surface area contributed by atoms with Gasteiger partial charge >= 0.3 is 5.97 Å². The molecule has 2 N–H and O–H groups in total. The summed E-state index contributed by atoms with van der Waals surface area (Å²) in [6.45, 7) is 7.75. The number of benzene rings is 1. The highest BCUT2D eigenvalue weighted by Crippen LogP contribution is 2.45. The fraction of sp³-hybridized carbons (Fsp3) is 0.565. The normalized spacial score (nSPS) is 19.3. The van der Waals surface area contributed by atoms with Crippen LogP contribution in [-0.4, -0.2) is 47.9 Å². The number of nitrogens with one attached hydrogen (secondary N) is 1. The zero-order chi connectivity index (χ0) is 22.5. The third-order valence-corrected chi connectivity index (χ3v) is 6.83. The molecule has 0 spiro atoms. The molecular formula is C23H30FN3O4. The Kier molecular flexibility index (Phi) is 5.45. The van der Waals surface area contributed by atoms with E-state index in [1.165, 1.54) is 12.3 Å². The lowest BCUT2D eigenvalue weighted by Crippen LogP contribution is -2.45. The molecule has 2 aliphatic rings. The maximum Gasteiger partial charge on any atom is 0.341 e. The highest BCUT2D eigenvalue weighted by molar-refractivity contribution is 5.97. The van der Waals surface area contributed by atoms with Crippen LogP contribution in [0.1, 0.15) is 56.4 Å². The number of fused-ring (bicyclic) bond motifs is 1. The summed E-state index contributed by atoms with van der Waals surface area (Å²) in [5, 5.41) is 12.9. The van der Waals surface area contributed by atoms with Crippen LogP contribution in [0.2, 0.25) is 0 Å². The molecule has 1 atom stereocenters. The van der Waals surface area contributed by atoms with E-state index in [-0.39, 0.29) is 22.5 Å². The van der Waals surface area contributed by atoms with Crippen LogP contribution in [-0.2, 0) is 0 Å². The van der Waals surface area contributed by atoms with Crippen molar-refractivity contribution in [1.29, 1.82) is 0 Å². The van der Waals surface area contributed by atoms with Gasteiger partial charge in [0.15, 0.2) is 11.6 Å². The van der Waals surface area contributed by atoms with Crippen molar-refractivity contribution in [2.24, 2.45) is 5.92 Å². The van der Waals surface area contributed by atoms with Crippen molar-refractivity contribution in [3.63, 3.8) is 0 Å². The van der Waals surface area contributed by atoms with E-state index in [2.05, 4.69) is 19.2 Å². The summed E-state index contributed by atoms with van der Waals surface area (Å²) in [5.41, 5.74) is -0.263. The Balaban J connectivity index is 1.93. The second-order valence-electron chi connectivity index (χ2n) is 9.08. The van der Waals surface area contributed by atoms with Gasteiger partial charge in [-0.05, 0) is 59.1 Å². The van der Waals surface area contributed by atoms with E-state index in [9.17, 15) is 14.7 Å². The number of anilines is 1. The monoisotopic (exact) mass is 431 g/mol. The van der Waals surface area contributed by atoms with E-state index < -0.39 is 17.2 Å². The molecule has 2 fully saturated rings. The van der Waals surface area contributed by atoms with Gasteiger partial charge in [-0.15, -0.1) is 0 Å². The van der Waals surface area contributed by atoms with Crippen LogP contribution in [0.5, 0.6) is 5.75 Å². The predicted octanol–water partition coefficient (Wildman–Crippen LogP) is 3.40. The van der Waals surface area contributed by atoms with Gasteiger partial charge in [0.25, 0.3) is 0 Å². The second kappa shape index (κ2) is 7.82. The van der Waals surface area contributed by atoms with E-state index in [0.29, 0.717) is 42.6 Å². The smallest absolute Gasteiger partial charge is 0.341 e. The number of nitrogens with zero attached hydrogens (tertiary/aromatic N) is 2. The first-order valence-electron chi connectivity index (χ1n) is 10.9. The molecular weight excluding hydrogens is 401 g/mol. The van der Waals surface area contributed by atoms with Crippen molar-refractivity contribution in [3.05, 3.63) is 33.9 Å². The van der Waals surface area contributed by atoms with Crippen LogP contribution in [0.3, 0.4) is 0 Å². The summed E-state index contributed by atoms with van der Waals surface area (Å²) >= 11 is 0. The summed E-state index contributed by atoms with van der Waals surface area (Å²) < 4.78 is 23.3. The molecule has 2 aromatic rings. The van der Waals surface area contributed by atoms with Crippen LogP contribution in [0.15, 0.2) is 17.1 Å². The Morgan fingerprint density at radius 2 is 2.06 bits per heavy atom. The third kappa shape index (κ3) is 3.67. The van der Waals surface area contributed by atoms with Gasteiger partial charge in [-0.3, -0.25) is 4.79 Å². The Morgan fingerprint density at radius 3 is 2.65 bits per heavy atom. The third-order valence-electron chi connectivity index (χ3n) is 6.83. The van der Waals surface area contributed by atoms with Gasteiger partial charge in [0.1, 0.15) is 11.3 Å². The van der Waals surface area contributed by atoms with Gasteiger partial charge in [-0.25, -0.2) is 9.18 Å². The average Bonchev–Trinajstić information content (AvgIpc) is 3.44. The van der Waals surface area contributed by atoms with E-state index in [4.69, 9.17) is 4.74 Å². The second-order valence-corrected chi connectivity index (χ2v) is 9.08. The van der Waals surface area contributed by atoms with Crippen LogP contribution in [0.4, 0.5) is 10.1 Å². The molecule has 1 aliphatic carbocycles. The number of rotatable bonds is 7. The molecule has 1 saturated heterocycles. The fourth-order valence-corrected chi connectivity index (χ4v) is 4.57. The summed E-state index contributed by atoms with van der Waals surface area (Å²) in [6.07, 6.45) is 4.07. The molecule has 31 heavy (non-hydrogen) atoms. The number of pyridine rings is 1. The molecule has 1 saturated carbocycles. The number of carboxylic acids is 1. The van der Waals surface area contributed by atoms with Gasteiger partial charge in [-0.1, -0.05) is 0 Å². The molecule has 1 aromatic carbocycles. The summed E-state index contributed by atoms with van der Waals surface area (Å²) in [4.78, 5) is 26.5. The van der Waals surface area contributed by atoms with Gasteiger partial charge in [0.2, 0.25) is 5.43 Å². The van der Waals surface area contributed by atoms with Crippen LogP contribution >= 0.6 is 0 Å². The number of ether oxygens (including phenoxy) is 1. The zero-order valence-electron chi connectivity index (χ0n) is 18.5. The molecule has 0 amide bonds. The highest BCUT2D eigenvalue weighted by atomic mass is 19.1. The van der Waals surface area contributed by atoms with Crippen LogP contribution in [0, 0.1) is 11.7 Å². The van der Waals surface area contributed by atoms with Crippen molar-refractivity contribution < 1.29 is 19.0 Å². The van der Waals surface area contributed by atoms with E-state index >= 15 is 4.39 Å². The number of hydrogen-bond acceptors (Lipinski definition) is 5. The number of aromatic carboxylic acids is 1. The largest absolute Gasteiger partial charge is 0.489 e. The van der Waals surface area contributed by atoms with E-state index in [1.54, 1.807) is 4.57 Å². The molecule has 2 heterocycles. The van der Waals surface area contributed by atoms with Crippen LogP contribution in [0.25, 0.3) is 10.9 Å². The Labute approximate surface area is 180 Å². The molecule has 7 nitrogen and oxygen atoms in total. The number of carbonyl (C=O) groups is 1. The number of aromatic nitrogens is 1. The Bertz CT molecular complexity index is 1090. The highest BCUT2D eigenvalue weighted by Gasteiger charge is 2.37. The maximum absolute atomic E-state index is 15.5. The minimum atomic E-state index is -1.31. The number of hydrogen-bond donors (Lipinski definition) is 2. The van der Waals surface area contributed by atoms with E-state index in [0.717, 1.165) is 19.3 Å². The van der Waals surface area contributed by atoms with Gasteiger partial charge in [0.05, 0.1) is 17.5 Å². The fourth-order valence-electron chi connectivity index (χ4n) is 4.57. The van der Waals surface area contributed by atoms with Gasteiger partial charge in [0, 0.05) is 30.9 Å². The molecule has 1 aromatic heterocycles. The predicted molar refractivity (Wildman–Crippen MR) is 118 cm³/mol. The molecule has 8 heteroatoms. The lowest BCUT2D eigenvalue weighted by Gasteiger charge is -2.32. The lowest BCUT2D eigenvalue weighted by atomic mass is 9.87. The molecule has 1 unspecified atom stereocenters. The van der Waals surface area contributed by atoms with Gasteiger partial charge in [-0.2, -0.15) is 0 Å². The molecule has 0 radical (unpaired) electrons. The maximum atomic E-state index is 15.5. The first-order valence-corrected chi connectivity index (χ1v) is 10.9. The minimum absolute atomic E-state index is 0.0581. The quantitative estimate of drug-likeness (QED) is 0.699. The van der Waals surface area contributed by atoms with Crippen molar-refractivity contribution >= 4 is 22.6 Å². The zero-order valence-corrected chi connectivity index (χ0v) is 18.5. The Morgan fingerprint density at radius 1 is 1.35 bits per heavy atom. The molecule has 0 bridgehead atoms. The first kappa shape index (κ1) is 21.6. The average molecular weight is 432 g/mol. The van der Waals surface area contributed by atoms with Crippen molar-refractivity contribution in [1.82, 2.24) is 9.88 Å². The first-order chi connectivity index (χ1) is 14.7. The van der Waals surface area contributed by atoms with Gasteiger partial charge < -0.3 is 24.6 Å². The van der Waals surface area contributed by atoms with Crippen molar-refractivity contribution in [2.75, 3.05) is 31.6 Å². The summed E-state index contributed by atoms with van der Waals surface area (Å²) in [6, 6.07) is 1.28. The Hall–Kier alpha value is -2.61. The topological polar surface area (TPSA) is 83.8 Å². The number of carboxylic acid groups (broad SMARTS) is 1. The standard InChI is InChI=1S/C23H30FN3O4/c1-5-31-21-18-15(20(28)16(22(29)30)12-27(18)14-6-7-14)10-17(24)19(21)26-9-8-13(11-26)23(2,3)25-4/h10,12-14,25H,5-9,11H2,1-4H3,(H,29,30). The summed E-state index contributed by atoms with van der Waals surface area (Å²) in [7, 11) is 1.93. The van der Waals surface area contributed by atoms with E-state index in [1.807, 2.05) is 18.9 Å². The molecule has 1 aliphatic heterocycles. The van der Waals surface area contributed by atoms with Crippen LogP contribution < -0.4 is 20.4 Å². The number of halogens is 1.